The minimum Gasteiger partial charge on any atom is -0.486 e. The molecular weight excluding hydrogens is 382 g/mol. The molecule has 0 bridgehead atoms. The first-order chi connectivity index (χ1) is 13.1. The molecule has 0 aliphatic heterocycles. The van der Waals surface area contributed by atoms with Gasteiger partial charge in [0, 0.05) is 11.4 Å². The summed E-state index contributed by atoms with van der Waals surface area (Å²) in [6.07, 6.45) is 0. The molecule has 3 rings (SSSR count). The number of carbonyl (C=O) groups excluding carboxylic acids is 1. The highest BCUT2D eigenvalue weighted by Crippen LogP contribution is 2.22. The number of nitrogens with one attached hydrogen (secondary N) is 1. The molecule has 0 fully saturated rings. The first-order valence-electron chi connectivity index (χ1n) is 8.53. The normalized spacial score (nSPS) is 10.8. The van der Waals surface area contributed by atoms with Crippen LogP contribution in [0, 0.1) is 13.8 Å². The number of hydrogen-bond donors (Lipinski definition) is 1. The Balaban J connectivity index is 1.56. The molecule has 2 aromatic heterocycles. The highest BCUT2D eigenvalue weighted by molar-refractivity contribution is 7.99. The Morgan fingerprint density at radius 3 is 2.70 bits per heavy atom. The second-order valence-corrected chi connectivity index (χ2v) is 7.89. The molecule has 3 aromatic rings. The maximum absolute atomic E-state index is 12.2. The number of carbonyl (C=O) groups is 1. The number of aryl methyl sites for hydroxylation is 2. The number of ether oxygens (including phenoxy) is 1. The van der Waals surface area contributed by atoms with Crippen LogP contribution in [0.1, 0.15) is 23.3 Å². The molecule has 1 amide bonds. The van der Waals surface area contributed by atoms with Crippen molar-refractivity contribution in [1.82, 2.24) is 19.7 Å². The van der Waals surface area contributed by atoms with Crippen molar-refractivity contribution < 1.29 is 9.53 Å². The Morgan fingerprint density at radius 2 is 2.04 bits per heavy atom. The van der Waals surface area contributed by atoms with Crippen molar-refractivity contribution in [3.05, 3.63) is 46.7 Å². The first-order valence-corrected chi connectivity index (χ1v) is 10.3. The predicted octanol–water partition coefficient (Wildman–Crippen LogP) is 3.68. The Labute approximate surface area is 166 Å². The highest BCUT2D eigenvalue weighted by Gasteiger charge is 2.14. The number of nitrogens with zero attached hydrogens (tertiary/aromatic N) is 4. The van der Waals surface area contributed by atoms with Crippen molar-refractivity contribution in [3.8, 4) is 5.75 Å². The lowest BCUT2D eigenvalue weighted by Gasteiger charge is -2.08. The van der Waals surface area contributed by atoms with Crippen molar-refractivity contribution in [2.45, 2.75) is 39.1 Å². The van der Waals surface area contributed by atoms with Crippen LogP contribution in [0.25, 0.3) is 0 Å². The van der Waals surface area contributed by atoms with Gasteiger partial charge in [0.25, 0.3) is 0 Å². The summed E-state index contributed by atoms with van der Waals surface area (Å²) in [5.41, 5.74) is 0.941. The molecule has 2 heterocycles. The van der Waals surface area contributed by atoms with E-state index in [-0.39, 0.29) is 11.7 Å². The number of thiazole rings is 1. The van der Waals surface area contributed by atoms with Gasteiger partial charge >= 0.3 is 0 Å². The number of benzene rings is 1. The summed E-state index contributed by atoms with van der Waals surface area (Å²) in [5, 5.41) is 12.6. The van der Waals surface area contributed by atoms with Crippen molar-refractivity contribution >= 4 is 34.1 Å². The molecule has 0 aliphatic rings. The van der Waals surface area contributed by atoms with Crippen LogP contribution in [0.5, 0.6) is 5.75 Å². The topological polar surface area (TPSA) is 81.9 Å². The molecule has 0 aliphatic carbocycles. The van der Waals surface area contributed by atoms with Gasteiger partial charge in [0.05, 0.1) is 11.4 Å². The lowest BCUT2D eigenvalue weighted by Crippen LogP contribution is -2.14. The van der Waals surface area contributed by atoms with Crippen LogP contribution in [-0.2, 0) is 17.9 Å². The average Bonchev–Trinajstić information content (AvgIpc) is 3.21. The standard InChI is InChI=1S/C18H21N5O2S2/c1-4-23-15(10-25-14-8-6-5-7-9-14)21-22-18(23)26-11-16(24)20-17-19-12(2)13(3)27-17/h5-9H,4,10-11H2,1-3H3,(H,19,20,24). The van der Waals surface area contributed by atoms with Crippen molar-refractivity contribution in [2.75, 3.05) is 11.1 Å². The molecule has 7 nitrogen and oxygen atoms in total. The molecule has 1 aromatic carbocycles. The summed E-state index contributed by atoms with van der Waals surface area (Å²) in [6, 6.07) is 9.58. The Bertz CT molecular complexity index is 888. The Hall–Kier alpha value is -2.39. The number of para-hydroxylation sites is 1. The van der Waals surface area contributed by atoms with Gasteiger partial charge in [-0.3, -0.25) is 4.79 Å². The van der Waals surface area contributed by atoms with Crippen molar-refractivity contribution in [1.29, 1.82) is 0 Å². The molecule has 0 unspecified atom stereocenters. The maximum Gasteiger partial charge on any atom is 0.236 e. The molecule has 9 heteroatoms. The van der Waals surface area contributed by atoms with E-state index in [1.54, 1.807) is 0 Å². The zero-order chi connectivity index (χ0) is 19.2. The molecule has 0 spiro atoms. The Kier molecular flexibility index (Phi) is 6.46. The van der Waals surface area contributed by atoms with Gasteiger partial charge in [-0.1, -0.05) is 30.0 Å². The van der Waals surface area contributed by atoms with Gasteiger partial charge in [-0.25, -0.2) is 4.98 Å². The SMILES string of the molecule is CCn1c(COc2ccccc2)nnc1SCC(=O)Nc1nc(C)c(C)s1. The van der Waals surface area contributed by atoms with Crippen LogP contribution in [0.15, 0.2) is 35.5 Å². The summed E-state index contributed by atoms with van der Waals surface area (Å²) < 4.78 is 7.70. The van der Waals surface area contributed by atoms with Crippen LogP contribution >= 0.6 is 23.1 Å². The third-order valence-corrected chi connectivity index (χ3v) is 5.78. The van der Waals surface area contributed by atoms with E-state index in [0.717, 1.165) is 22.1 Å². The van der Waals surface area contributed by atoms with E-state index in [9.17, 15) is 4.79 Å². The molecule has 0 saturated heterocycles. The molecule has 1 N–H and O–H groups in total. The highest BCUT2D eigenvalue weighted by atomic mass is 32.2. The smallest absolute Gasteiger partial charge is 0.236 e. The van der Waals surface area contributed by atoms with Crippen LogP contribution in [-0.4, -0.2) is 31.4 Å². The van der Waals surface area contributed by atoms with Crippen molar-refractivity contribution in [2.24, 2.45) is 0 Å². The fourth-order valence-corrected chi connectivity index (χ4v) is 3.98. The number of thioether (sulfide) groups is 1. The second-order valence-electron chi connectivity index (χ2n) is 5.74. The number of aromatic nitrogens is 4. The zero-order valence-corrected chi connectivity index (χ0v) is 17.1. The third-order valence-electron chi connectivity index (χ3n) is 3.83. The molecule has 0 saturated carbocycles. The summed E-state index contributed by atoms with van der Waals surface area (Å²) >= 11 is 2.83. The largest absolute Gasteiger partial charge is 0.486 e. The lowest BCUT2D eigenvalue weighted by molar-refractivity contribution is -0.113. The minimum absolute atomic E-state index is 0.110. The van der Waals surface area contributed by atoms with E-state index in [0.29, 0.717) is 23.4 Å². The number of rotatable bonds is 8. The van der Waals surface area contributed by atoms with Gasteiger partial charge in [-0.2, -0.15) is 0 Å². The molecule has 142 valence electrons. The zero-order valence-electron chi connectivity index (χ0n) is 15.4. The van der Waals surface area contributed by atoms with Crippen LogP contribution < -0.4 is 10.1 Å². The lowest BCUT2D eigenvalue weighted by atomic mass is 10.3. The summed E-state index contributed by atoms with van der Waals surface area (Å²) in [4.78, 5) is 17.6. The summed E-state index contributed by atoms with van der Waals surface area (Å²) in [6.45, 7) is 6.96. The van der Waals surface area contributed by atoms with Gasteiger partial charge < -0.3 is 14.6 Å². The van der Waals surface area contributed by atoms with E-state index >= 15 is 0 Å². The summed E-state index contributed by atoms with van der Waals surface area (Å²) in [5.74, 6) is 1.65. The van der Waals surface area contributed by atoms with Crippen molar-refractivity contribution in [3.63, 3.8) is 0 Å². The van der Waals surface area contributed by atoms with E-state index in [2.05, 4.69) is 20.5 Å². The van der Waals surface area contributed by atoms with E-state index in [1.807, 2.05) is 55.7 Å². The van der Waals surface area contributed by atoms with E-state index in [4.69, 9.17) is 4.74 Å². The maximum atomic E-state index is 12.2. The van der Waals surface area contributed by atoms with Crippen LogP contribution in [0.2, 0.25) is 0 Å². The Morgan fingerprint density at radius 1 is 1.26 bits per heavy atom. The first kappa shape index (κ1) is 19.4. The van der Waals surface area contributed by atoms with Gasteiger partial charge in [-0.15, -0.1) is 21.5 Å². The van der Waals surface area contributed by atoms with E-state index < -0.39 is 0 Å². The number of anilines is 1. The predicted molar refractivity (Wildman–Crippen MR) is 107 cm³/mol. The van der Waals surface area contributed by atoms with Crippen LogP contribution in [0.4, 0.5) is 5.13 Å². The van der Waals surface area contributed by atoms with E-state index in [1.165, 1.54) is 23.1 Å². The second kappa shape index (κ2) is 9.01. The molecule has 27 heavy (non-hydrogen) atoms. The minimum atomic E-state index is -0.110. The molecular formula is C18H21N5O2S2. The van der Waals surface area contributed by atoms with Gasteiger partial charge in [-0.05, 0) is 32.9 Å². The molecule has 0 atom stereocenters. The number of hydrogen-bond acceptors (Lipinski definition) is 7. The summed E-state index contributed by atoms with van der Waals surface area (Å²) in [7, 11) is 0. The number of amides is 1. The third kappa shape index (κ3) is 5.08. The monoisotopic (exact) mass is 403 g/mol. The van der Waals surface area contributed by atoms with Gasteiger partial charge in [0.15, 0.2) is 16.1 Å². The van der Waals surface area contributed by atoms with Gasteiger partial charge in [0.1, 0.15) is 12.4 Å². The fraction of sp³-hybridized carbons (Fsp3) is 0.333. The van der Waals surface area contributed by atoms with Crippen LogP contribution in [0.3, 0.4) is 0 Å². The average molecular weight is 404 g/mol. The fourth-order valence-electron chi connectivity index (χ4n) is 2.33. The van der Waals surface area contributed by atoms with Gasteiger partial charge in [0.2, 0.25) is 5.91 Å². The quantitative estimate of drug-likeness (QED) is 0.578. The molecule has 0 radical (unpaired) electrons.